The van der Waals surface area contributed by atoms with Gasteiger partial charge in [-0.05, 0) is 75.1 Å². The summed E-state index contributed by atoms with van der Waals surface area (Å²) in [6.45, 7) is 5.01. The number of hydrogen-bond donors (Lipinski definition) is 0. The van der Waals surface area contributed by atoms with Gasteiger partial charge in [-0.15, -0.1) is 13.2 Å². The van der Waals surface area contributed by atoms with Crippen molar-refractivity contribution in [3.05, 3.63) is 52.4 Å². The van der Waals surface area contributed by atoms with E-state index >= 15 is 0 Å². The van der Waals surface area contributed by atoms with E-state index in [9.17, 15) is 18.0 Å². The van der Waals surface area contributed by atoms with Crippen molar-refractivity contribution >= 4 is 0 Å². The molecule has 172 valence electrons. The van der Waals surface area contributed by atoms with Crippen LogP contribution in [0.1, 0.15) is 30.9 Å². The molecule has 0 saturated carbocycles. The van der Waals surface area contributed by atoms with Crippen LogP contribution in [-0.4, -0.2) is 60.0 Å². The van der Waals surface area contributed by atoms with Gasteiger partial charge in [0.05, 0.1) is 0 Å². The molecule has 8 heteroatoms. The standard InChI is InChI=1S/C24H28F3N3O2/c1-28-10-8-19(9-11-28)29-13-16-12-18(15-29)22-7-6-21(23(31)30(22)14-16)17-2-4-20(5-3-17)32-24(25,26)27/h2-7,16,18-19H,8-15H2,1H3/t16-,18-/m1/s1. The Labute approximate surface area is 185 Å². The Morgan fingerprint density at radius 2 is 1.69 bits per heavy atom. The minimum atomic E-state index is -4.73. The Morgan fingerprint density at radius 3 is 2.38 bits per heavy atom. The number of aromatic nitrogens is 1. The number of halogens is 3. The molecule has 1 aromatic heterocycles. The number of nitrogens with zero attached hydrogens (tertiary/aromatic N) is 3. The van der Waals surface area contributed by atoms with Crippen LogP contribution in [0, 0.1) is 5.92 Å². The van der Waals surface area contributed by atoms with E-state index in [0.717, 1.165) is 38.3 Å². The Balaban J connectivity index is 1.37. The first-order valence-electron chi connectivity index (χ1n) is 11.3. The highest BCUT2D eigenvalue weighted by atomic mass is 19.4. The Hall–Kier alpha value is -2.32. The molecular weight excluding hydrogens is 419 g/mol. The second-order valence-corrected chi connectivity index (χ2v) is 9.45. The molecule has 0 N–H and O–H groups in total. The molecule has 0 amide bonds. The van der Waals surface area contributed by atoms with Crippen LogP contribution in [0.2, 0.25) is 0 Å². The lowest BCUT2D eigenvalue weighted by atomic mass is 9.81. The number of hydrogen-bond acceptors (Lipinski definition) is 4. The quantitative estimate of drug-likeness (QED) is 0.715. The summed E-state index contributed by atoms with van der Waals surface area (Å²) in [5.74, 6) is 0.519. The van der Waals surface area contributed by atoms with Gasteiger partial charge in [-0.3, -0.25) is 9.69 Å². The lowest BCUT2D eigenvalue weighted by Crippen LogP contribution is -2.53. The second kappa shape index (κ2) is 8.23. The molecule has 0 unspecified atom stereocenters. The summed E-state index contributed by atoms with van der Waals surface area (Å²) in [7, 11) is 2.18. The number of likely N-dealkylation sites (tertiary alicyclic amines) is 2. The van der Waals surface area contributed by atoms with Gasteiger partial charge in [0.1, 0.15) is 5.75 Å². The average Bonchev–Trinajstić information content (AvgIpc) is 2.74. The SMILES string of the molecule is CN1CCC(N2C[C@H]3C[C@H](C2)c2ccc(-c4ccc(OC(F)(F)F)cc4)c(=O)n2C3)CC1. The van der Waals surface area contributed by atoms with Crippen molar-refractivity contribution in [2.45, 2.75) is 44.1 Å². The Kier molecular flexibility index (Phi) is 5.53. The minimum Gasteiger partial charge on any atom is -0.406 e. The first kappa shape index (κ1) is 21.5. The molecule has 4 heterocycles. The maximum Gasteiger partial charge on any atom is 0.573 e. The van der Waals surface area contributed by atoms with Crippen LogP contribution in [0.3, 0.4) is 0 Å². The van der Waals surface area contributed by atoms with Crippen LogP contribution < -0.4 is 10.3 Å². The molecule has 0 spiro atoms. The molecule has 1 aromatic carbocycles. The fourth-order valence-electron chi connectivity index (χ4n) is 5.70. The van der Waals surface area contributed by atoms with Crippen molar-refractivity contribution in [2.75, 3.05) is 33.2 Å². The molecule has 2 saturated heterocycles. The van der Waals surface area contributed by atoms with Gasteiger partial charge in [-0.2, -0.15) is 0 Å². The predicted octanol–water partition coefficient (Wildman–Crippen LogP) is 3.93. The number of pyridine rings is 1. The van der Waals surface area contributed by atoms with E-state index < -0.39 is 6.36 Å². The lowest BCUT2D eigenvalue weighted by molar-refractivity contribution is -0.274. The van der Waals surface area contributed by atoms with Crippen LogP contribution >= 0.6 is 0 Å². The summed E-state index contributed by atoms with van der Waals surface area (Å²) in [5.41, 5.74) is 2.14. The molecule has 0 radical (unpaired) electrons. The molecule has 3 aliphatic rings. The Bertz CT molecular complexity index is 1030. The van der Waals surface area contributed by atoms with Crippen molar-refractivity contribution in [3.8, 4) is 16.9 Å². The summed E-state index contributed by atoms with van der Waals surface area (Å²) in [6.07, 6.45) is -1.21. The summed E-state index contributed by atoms with van der Waals surface area (Å²) in [6, 6.07) is 10.0. The van der Waals surface area contributed by atoms with Gasteiger partial charge in [0, 0.05) is 42.9 Å². The molecule has 5 rings (SSSR count). The number of rotatable bonds is 3. The van der Waals surface area contributed by atoms with E-state index in [0.29, 0.717) is 35.5 Å². The van der Waals surface area contributed by atoms with Crippen molar-refractivity contribution in [2.24, 2.45) is 5.92 Å². The molecule has 2 bridgehead atoms. The van der Waals surface area contributed by atoms with E-state index in [2.05, 4.69) is 21.6 Å². The van der Waals surface area contributed by atoms with Crippen molar-refractivity contribution in [3.63, 3.8) is 0 Å². The first-order chi connectivity index (χ1) is 15.3. The smallest absolute Gasteiger partial charge is 0.406 e. The largest absolute Gasteiger partial charge is 0.573 e. The predicted molar refractivity (Wildman–Crippen MR) is 116 cm³/mol. The molecule has 5 nitrogen and oxygen atoms in total. The highest BCUT2D eigenvalue weighted by Gasteiger charge is 2.38. The van der Waals surface area contributed by atoms with Crippen molar-refractivity contribution in [1.29, 1.82) is 0 Å². The molecule has 0 aliphatic carbocycles. The fourth-order valence-corrected chi connectivity index (χ4v) is 5.70. The van der Waals surface area contributed by atoms with Crippen molar-refractivity contribution < 1.29 is 17.9 Å². The fraction of sp³-hybridized carbons (Fsp3) is 0.542. The maximum absolute atomic E-state index is 13.3. The van der Waals surface area contributed by atoms with E-state index in [-0.39, 0.29) is 11.3 Å². The molecule has 2 aromatic rings. The molecular formula is C24H28F3N3O2. The summed E-state index contributed by atoms with van der Waals surface area (Å²) in [5, 5.41) is 0. The summed E-state index contributed by atoms with van der Waals surface area (Å²) >= 11 is 0. The summed E-state index contributed by atoms with van der Waals surface area (Å²) in [4.78, 5) is 18.3. The monoisotopic (exact) mass is 447 g/mol. The topological polar surface area (TPSA) is 37.7 Å². The van der Waals surface area contributed by atoms with E-state index in [1.807, 2.05) is 16.7 Å². The van der Waals surface area contributed by atoms with E-state index in [1.54, 1.807) is 0 Å². The zero-order valence-electron chi connectivity index (χ0n) is 18.1. The molecule has 2 fully saturated rings. The van der Waals surface area contributed by atoms with Gasteiger partial charge < -0.3 is 14.2 Å². The molecule has 2 atom stereocenters. The third kappa shape index (κ3) is 4.30. The highest BCUT2D eigenvalue weighted by molar-refractivity contribution is 5.63. The van der Waals surface area contributed by atoms with Crippen LogP contribution in [0.4, 0.5) is 13.2 Å². The number of benzene rings is 1. The number of piperidine rings is 2. The van der Waals surface area contributed by atoms with Crippen molar-refractivity contribution in [1.82, 2.24) is 14.4 Å². The van der Waals surface area contributed by atoms with Gasteiger partial charge in [0.2, 0.25) is 0 Å². The van der Waals surface area contributed by atoms with Gasteiger partial charge in [-0.25, -0.2) is 0 Å². The number of ether oxygens (including phenoxy) is 1. The van der Waals surface area contributed by atoms with Gasteiger partial charge in [0.15, 0.2) is 0 Å². The lowest BCUT2D eigenvalue weighted by Gasteiger charge is -2.47. The molecule has 3 aliphatic heterocycles. The second-order valence-electron chi connectivity index (χ2n) is 9.45. The zero-order chi connectivity index (χ0) is 22.5. The van der Waals surface area contributed by atoms with Crippen LogP contribution in [0.25, 0.3) is 11.1 Å². The van der Waals surface area contributed by atoms with Gasteiger partial charge in [0.25, 0.3) is 5.56 Å². The Morgan fingerprint density at radius 1 is 0.969 bits per heavy atom. The zero-order valence-corrected chi connectivity index (χ0v) is 18.1. The third-order valence-corrected chi connectivity index (χ3v) is 7.24. The number of alkyl halides is 3. The third-order valence-electron chi connectivity index (χ3n) is 7.24. The van der Waals surface area contributed by atoms with Gasteiger partial charge in [-0.1, -0.05) is 12.1 Å². The van der Waals surface area contributed by atoms with Crippen LogP contribution in [0.5, 0.6) is 5.75 Å². The maximum atomic E-state index is 13.3. The highest BCUT2D eigenvalue weighted by Crippen LogP contribution is 2.37. The van der Waals surface area contributed by atoms with Gasteiger partial charge >= 0.3 is 6.36 Å². The minimum absolute atomic E-state index is 0.0607. The average molecular weight is 448 g/mol. The molecule has 32 heavy (non-hydrogen) atoms. The number of fused-ring (bicyclic) bond motifs is 4. The van der Waals surface area contributed by atoms with Crippen LogP contribution in [0.15, 0.2) is 41.2 Å². The first-order valence-corrected chi connectivity index (χ1v) is 11.3. The summed E-state index contributed by atoms with van der Waals surface area (Å²) < 4.78 is 43.1. The van der Waals surface area contributed by atoms with E-state index in [1.165, 1.54) is 37.1 Å². The van der Waals surface area contributed by atoms with E-state index in [4.69, 9.17) is 0 Å². The van der Waals surface area contributed by atoms with Crippen LogP contribution in [-0.2, 0) is 6.54 Å². The normalized spacial score (nSPS) is 24.9.